The van der Waals surface area contributed by atoms with Crippen molar-refractivity contribution in [2.45, 2.75) is 32.5 Å². The topological polar surface area (TPSA) is 75.7 Å². The number of benzene rings is 1. The van der Waals surface area contributed by atoms with Crippen LogP contribution in [0, 0.1) is 17.3 Å². The maximum atomic E-state index is 13.1. The van der Waals surface area contributed by atoms with E-state index in [0.717, 1.165) is 0 Å². The summed E-state index contributed by atoms with van der Waals surface area (Å²) in [7, 11) is 0. The Morgan fingerprint density at radius 3 is 2.54 bits per heavy atom. The summed E-state index contributed by atoms with van der Waals surface area (Å²) < 4.78 is 6.02. The number of amides is 3. The highest BCUT2D eigenvalue weighted by Gasteiger charge is 2.67. The monoisotopic (exact) mass is 354 g/mol. The Kier molecular flexibility index (Phi) is 3.60. The van der Waals surface area contributed by atoms with E-state index in [4.69, 9.17) is 4.74 Å². The summed E-state index contributed by atoms with van der Waals surface area (Å²) in [5.41, 5.74) is -0.917. The van der Waals surface area contributed by atoms with E-state index in [-0.39, 0.29) is 24.3 Å². The lowest BCUT2D eigenvalue weighted by Gasteiger charge is -2.30. The smallest absolute Gasteiger partial charge is 0.241 e. The number of ether oxygens (including phenoxy) is 1. The van der Waals surface area contributed by atoms with E-state index >= 15 is 0 Å². The van der Waals surface area contributed by atoms with Gasteiger partial charge in [0.2, 0.25) is 17.7 Å². The number of anilines is 1. The molecule has 136 valence electrons. The molecule has 0 saturated carbocycles. The van der Waals surface area contributed by atoms with E-state index in [1.807, 2.05) is 39.0 Å². The number of para-hydroxylation sites is 1. The molecular weight excluding hydrogens is 332 g/mol. The fourth-order valence-corrected chi connectivity index (χ4v) is 4.02. The van der Waals surface area contributed by atoms with E-state index < -0.39 is 29.0 Å². The van der Waals surface area contributed by atoms with Crippen molar-refractivity contribution in [2.24, 2.45) is 17.3 Å². The van der Waals surface area contributed by atoms with Crippen molar-refractivity contribution < 1.29 is 19.1 Å². The Morgan fingerprint density at radius 2 is 1.88 bits per heavy atom. The molecule has 2 fully saturated rings. The fraction of sp³-hybridized carbons (Fsp3) is 0.450. The molecule has 4 rings (SSSR count). The minimum Gasteiger partial charge on any atom is -0.360 e. The van der Waals surface area contributed by atoms with Gasteiger partial charge in [-0.1, -0.05) is 51.1 Å². The van der Waals surface area contributed by atoms with Crippen LogP contribution >= 0.6 is 0 Å². The second-order valence-corrected chi connectivity index (χ2v) is 8.18. The first kappa shape index (κ1) is 17.0. The van der Waals surface area contributed by atoms with E-state index in [1.54, 1.807) is 24.3 Å². The third-order valence-electron chi connectivity index (χ3n) is 5.38. The molecule has 3 aliphatic rings. The number of carbonyl (C=O) groups excluding carboxylic acids is 3. The number of nitrogens with one attached hydrogen (secondary N) is 1. The van der Waals surface area contributed by atoms with Gasteiger partial charge in [0, 0.05) is 5.41 Å². The maximum Gasteiger partial charge on any atom is 0.241 e. The Morgan fingerprint density at radius 1 is 1.19 bits per heavy atom. The summed E-state index contributed by atoms with van der Waals surface area (Å²) in [6, 6.07) is 8.94. The zero-order valence-corrected chi connectivity index (χ0v) is 15.1. The molecular formula is C20H22N2O4. The van der Waals surface area contributed by atoms with Crippen LogP contribution in [0.2, 0.25) is 0 Å². The average molecular weight is 354 g/mol. The molecule has 2 saturated heterocycles. The lowest BCUT2D eigenvalue weighted by molar-refractivity contribution is -0.132. The van der Waals surface area contributed by atoms with Crippen LogP contribution in [0.15, 0.2) is 42.5 Å². The van der Waals surface area contributed by atoms with Gasteiger partial charge in [0.05, 0.1) is 30.2 Å². The van der Waals surface area contributed by atoms with Crippen molar-refractivity contribution in [3.63, 3.8) is 0 Å². The van der Waals surface area contributed by atoms with Gasteiger partial charge in [-0.2, -0.15) is 0 Å². The normalized spacial score (nSPS) is 32.3. The van der Waals surface area contributed by atoms with Crippen LogP contribution in [0.3, 0.4) is 0 Å². The number of rotatable bonds is 3. The van der Waals surface area contributed by atoms with E-state index in [0.29, 0.717) is 5.69 Å². The lowest BCUT2D eigenvalue weighted by atomic mass is 9.76. The molecule has 1 aromatic carbocycles. The Bertz CT molecular complexity index is 811. The number of hydrogen-bond donors (Lipinski definition) is 1. The molecule has 2 bridgehead atoms. The van der Waals surface area contributed by atoms with E-state index in [9.17, 15) is 14.4 Å². The van der Waals surface area contributed by atoms with Gasteiger partial charge in [-0.3, -0.25) is 14.4 Å². The average Bonchev–Trinajstić information content (AvgIpc) is 3.23. The molecule has 1 aromatic rings. The molecule has 4 atom stereocenters. The number of carbonyl (C=O) groups is 3. The number of fused-ring (bicyclic) bond motifs is 5. The van der Waals surface area contributed by atoms with E-state index in [1.165, 1.54) is 4.90 Å². The van der Waals surface area contributed by atoms with Crippen molar-refractivity contribution in [3.05, 3.63) is 42.5 Å². The molecule has 0 aromatic heterocycles. The fourth-order valence-electron chi connectivity index (χ4n) is 4.02. The maximum absolute atomic E-state index is 13.1. The van der Waals surface area contributed by atoms with Crippen LogP contribution in [-0.4, -0.2) is 36.0 Å². The molecule has 3 aliphatic heterocycles. The first-order valence-corrected chi connectivity index (χ1v) is 8.83. The minimum atomic E-state index is -0.952. The van der Waals surface area contributed by atoms with Crippen molar-refractivity contribution in [1.82, 2.24) is 5.32 Å². The molecule has 0 unspecified atom stereocenters. The van der Waals surface area contributed by atoms with Gasteiger partial charge in [-0.25, -0.2) is 4.90 Å². The number of imide groups is 1. The van der Waals surface area contributed by atoms with Crippen molar-refractivity contribution in [2.75, 3.05) is 11.4 Å². The molecule has 1 N–H and O–H groups in total. The third-order valence-corrected chi connectivity index (χ3v) is 5.38. The molecule has 0 radical (unpaired) electrons. The van der Waals surface area contributed by atoms with Gasteiger partial charge in [0.25, 0.3) is 0 Å². The zero-order chi connectivity index (χ0) is 18.7. The number of hydrogen-bond acceptors (Lipinski definition) is 4. The summed E-state index contributed by atoms with van der Waals surface area (Å²) in [5.74, 6) is -1.75. The van der Waals surface area contributed by atoms with Crippen molar-refractivity contribution >= 4 is 23.4 Å². The van der Waals surface area contributed by atoms with Gasteiger partial charge in [0.1, 0.15) is 5.60 Å². The third kappa shape index (κ3) is 2.32. The van der Waals surface area contributed by atoms with Gasteiger partial charge < -0.3 is 10.1 Å². The standard InChI is InChI=1S/C20H22N2O4/c1-19(2,3)18(25)21-11-20-10-9-13(26-20)14-15(20)17(24)22(16(14)23)12-7-5-4-6-8-12/h4-10,13-15H,11H2,1-3H3,(H,21,25)/t13-,14-,15+,20-/m1/s1. The number of nitrogens with zero attached hydrogens (tertiary/aromatic N) is 1. The van der Waals surface area contributed by atoms with Crippen molar-refractivity contribution in [3.8, 4) is 0 Å². The first-order chi connectivity index (χ1) is 12.2. The SMILES string of the molecule is CC(C)(C)C(=O)NC[C@@]12C=C[C@@H](O1)[C@H]1C(=O)N(c3ccccc3)C(=O)[C@H]12. The predicted octanol–water partition coefficient (Wildman–Crippen LogP) is 1.66. The summed E-state index contributed by atoms with van der Waals surface area (Å²) in [4.78, 5) is 39.6. The summed E-state index contributed by atoms with van der Waals surface area (Å²) in [6.45, 7) is 5.66. The largest absolute Gasteiger partial charge is 0.360 e. The molecule has 0 spiro atoms. The Labute approximate surface area is 152 Å². The van der Waals surface area contributed by atoms with Gasteiger partial charge in [0.15, 0.2) is 0 Å². The van der Waals surface area contributed by atoms with Crippen LogP contribution in [-0.2, 0) is 19.1 Å². The molecule has 6 nitrogen and oxygen atoms in total. The van der Waals surface area contributed by atoms with Crippen LogP contribution in [0.4, 0.5) is 5.69 Å². The van der Waals surface area contributed by atoms with Crippen LogP contribution < -0.4 is 10.2 Å². The second kappa shape index (κ2) is 5.51. The first-order valence-electron chi connectivity index (χ1n) is 8.83. The highest BCUT2D eigenvalue weighted by atomic mass is 16.5. The molecule has 0 aliphatic carbocycles. The van der Waals surface area contributed by atoms with Gasteiger partial charge in [-0.15, -0.1) is 0 Å². The van der Waals surface area contributed by atoms with E-state index in [2.05, 4.69) is 5.32 Å². The molecule has 3 amide bonds. The Balaban J connectivity index is 1.62. The highest BCUT2D eigenvalue weighted by molar-refractivity contribution is 6.23. The van der Waals surface area contributed by atoms with Crippen molar-refractivity contribution in [1.29, 1.82) is 0 Å². The summed E-state index contributed by atoms with van der Waals surface area (Å²) in [6.07, 6.45) is 3.25. The molecule has 26 heavy (non-hydrogen) atoms. The molecule has 3 heterocycles. The molecule has 6 heteroatoms. The van der Waals surface area contributed by atoms with Gasteiger partial charge in [-0.05, 0) is 12.1 Å². The van der Waals surface area contributed by atoms with Crippen LogP contribution in [0.25, 0.3) is 0 Å². The van der Waals surface area contributed by atoms with Crippen LogP contribution in [0.1, 0.15) is 20.8 Å². The second-order valence-electron chi connectivity index (χ2n) is 8.18. The predicted molar refractivity (Wildman–Crippen MR) is 95.1 cm³/mol. The minimum absolute atomic E-state index is 0.118. The lowest BCUT2D eigenvalue weighted by Crippen LogP contribution is -2.50. The van der Waals surface area contributed by atoms with Gasteiger partial charge >= 0.3 is 0 Å². The highest BCUT2D eigenvalue weighted by Crippen LogP contribution is 2.52. The van der Waals surface area contributed by atoms with Crippen LogP contribution in [0.5, 0.6) is 0 Å². The zero-order valence-electron chi connectivity index (χ0n) is 15.1. The summed E-state index contributed by atoms with van der Waals surface area (Å²) in [5, 5.41) is 2.89. The quantitative estimate of drug-likeness (QED) is 0.662. The summed E-state index contributed by atoms with van der Waals surface area (Å²) >= 11 is 0. The Hall–Kier alpha value is -2.47.